The average Bonchev–Trinajstić information content (AvgIpc) is 3.27. The average molecular weight is 393 g/mol. The summed E-state index contributed by atoms with van der Waals surface area (Å²) in [7, 11) is 0. The first-order valence-corrected chi connectivity index (χ1v) is 11.1. The molecule has 0 amide bonds. The fourth-order valence-electron chi connectivity index (χ4n) is 7.52. The Morgan fingerprint density at radius 1 is 1.21 bits per heavy atom. The maximum Gasteiger partial charge on any atom is 0.155 e. The van der Waals surface area contributed by atoms with Crippen LogP contribution in [0, 0.1) is 34.5 Å². The van der Waals surface area contributed by atoms with Crippen LogP contribution in [0.3, 0.4) is 0 Å². The highest BCUT2D eigenvalue weighted by molar-refractivity contribution is 9.09. The van der Waals surface area contributed by atoms with Crippen LogP contribution in [0.2, 0.25) is 0 Å². The number of hydrogen-bond acceptors (Lipinski definition) is 2. The van der Waals surface area contributed by atoms with E-state index in [0.29, 0.717) is 17.3 Å². The van der Waals surface area contributed by atoms with Crippen LogP contribution in [0.4, 0.5) is 0 Å². The van der Waals surface area contributed by atoms with Crippen LogP contribution in [-0.4, -0.2) is 23.3 Å². The van der Waals surface area contributed by atoms with Crippen molar-refractivity contribution in [2.45, 2.75) is 71.0 Å². The van der Waals surface area contributed by atoms with Gasteiger partial charge in [0.25, 0.3) is 0 Å². The number of alkyl halides is 1. The molecule has 4 fully saturated rings. The predicted molar refractivity (Wildman–Crippen MR) is 98.0 cm³/mol. The van der Waals surface area contributed by atoms with Crippen LogP contribution in [0.5, 0.6) is 0 Å². The normalized spacial score (nSPS) is 55.1. The van der Waals surface area contributed by atoms with Crippen LogP contribution in [0.15, 0.2) is 11.6 Å². The van der Waals surface area contributed by atoms with E-state index in [2.05, 4.69) is 29.8 Å². The molecular formula is C21H29BrO2. The van der Waals surface area contributed by atoms with Crippen molar-refractivity contribution in [1.29, 1.82) is 0 Å². The highest BCUT2D eigenvalue weighted by atomic mass is 79.9. The van der Waals surface area contributed by atoms with Gasteiger partial charge >= 0.3 is 0 Å². The summed E-state index contributed by atoms with van der Waals surface area (Å²) in [6.07, 6.45) is 11.3. The minimum Gasteiger partial charge on any atom is -0.365 e. The lowest BCUT2D eigenvalue weighted by atomic mass is 9.47. The number of ether oxygens (including phenoxy) is 1. The molecule has 1 aliphatic heterocycles. The van der Waals surface area contributed by atoms with Crippen LogP contribution in [0.1, 0.15) is 58.8 Å². The van der Waals surface area contributed by atoms with Gasteiger partial charge in [-0.3, -0.25) is 4.79 Å². The lowest BCUT2D eigenvalue weighted by Gasteiger charge is -2.56. The van der Waals surface area contributed by atoms with E-state index in [1.807, 2.05) is 6.08 Å². The van der Waals surface area contributed by atoms with Crippen LogP contribution >= 0.6 is 15.9 Å². The molecule has 0 aromatic heterocycles. The number of epoxide rings is 1. The molecule has 0 aromatic carbocycles. The first-order valence-electron chi connectivity index (χ1n) is 9.95. The molecule has 0 radical (unpaired) electrons. The summed E-state index contributed by atoms with van der Waals surface area (Å²) >= 11 is 3.68. The minimum absolute atomic E-state index is 0.227. The zero-order valence-electron chi connectivity index (χ0n) is 14.9. The second kappa shape index (κ2) is 5.19. The minimum atomic E-state index is 0.227. The fraction of sp³-hybridized carbons (Fsp3) is 0.857. The molecular weight excluding hydrogens is 364 g/mol. The van der Waals surface area contributed by atoms with Gasteiger partial charge in [0.15, 0.2) is 5.78 Å². The smallest absolute Gasteiger partial charge is 0.155 e. The number of halogens is 1. The molecule has 5 aliphatic rings. The fourth-order valence-corrected chi connectivity index (χ4v) is 8.07. The molecule has 132 valence electrons. The maximum absolute atomic E-state index is 12.0. The highest BCUT2D eigenvalue weighted by Gasteiger charge is 2.68. The zero-order chi connectivity index (χ0) is 16.7. The lowest BCUT2D eigenvalue weighted by molar-refractivity contribution is -0.117. The third-order valence-corrected chi connectivity index (χ3v) is 9.34. The Bertz CT molecular complexity index is 613. The van der Waals surface area contributed by atoms with Gasteiger partial charge in [-0.1, -0.05) is 29.8 Å². The summed E-state index contributed by atoms with van der Waals surface area (Å²) in [5.74, 6) is 3.53. The van der Waals surface area contributed by atoms with Crippen molar-refractivity contribution in [3.63, 3.8) is 0 Å². The summed E-state index contributed by atoms with van der Waals surface area (Å²) in [6, 6.07) is 0. The molecule has 0 N–H and O–H groups in total. The molecule has 0 aromatic rings. The van der Waals surface area contributed by atoms with E-state index in [-0.39, 0.29) is 11.5 Å². The van der Waals surface area contributed by atoms with Gasteiger partial charge in [0, 0.05) is 11.8 Å². The topological polar surface area (TPSA) is 29.6 Å². The van der Waals surface area contributed by atoms with Gasteiger partial charge in [-0.15, -0.1) is 0 Å². The Labute approximate surface area is 153 Å². The van der Waals surface area contributed by atoms with Crippen LogP contribution in [-0.2, 0) is 9.53 Å². The number of fused-ring (bicyclic) bond motifs is 8. The molecule has 3 heteroatoms. The second-order valence-corrected chi connectivity index (χ2v) is 10.4. The Morgan fingerprint density at radius 3 is 2.83 bits per heavy atom. The molecule has 5 rings (SSSR count). The molecule has 0 bridgehead atoms. The van der Waals surface area contributed by atoms with E-state index in [4.69, 9.17) is 4.74 Å². The summed E-state index contributed by atoms with van der Waals surface area (Å²) in [5.41, 5.74) is 2.11. The third kappa shape index (κ3) is 1.95. The van der Waals surface area contributed by atoms with Crippen molar-refractivity contribution in [1.82, 2.24) is 0 Å². The van der Waals surface area contributed by atoms with Crippen molar-refractivity contribution in [3.8, 4) is 0 Å². The monoisotopic (exact) mass is 392 g/mol. The Kier molecular flexibility index (Phi) is 3.47. The summed E-state index contributed by atoms with van der Waals surface area (Å²) in [6.45, 7) is 5.04. The van der Waals surface area contributed by atoms with Gasteiger partial charge in [0.05, 0.1) is 6.10 Å². The van der Waals surface area contributed by atoms with E-state index in [9.17, 15) is 4.79 Å². The predicted octanol–water partition coefficient (Wildman–Crippen LogP) is 4.91. The Morgan fingerprint density at radius 2 is 2.04 bits per heavy atom. The van der Waals surface area contributed by atoms with Gasteiger partial charge in [-0.25, -0.2) is 0 Å². The van der Waals surface area contributed by atoms with Gasteiger partial charge in [-0.05, 0) is 84.7 Å². The lowest BCUT2D eigenvalue weighted by Crippen LogP contribution is -2.53. The van der Waals surface area contributed by atoms with E-state index < -0.39 is 0 Å². The standard InChI is InChI=1S/C21H29BrO2/c1-20-9-6-15-17(14(20)4-3-12(20)7-10-22)19-18(24-19)16-11-13(23)5-8-21(15,16)2/h11-12,14-15,17-19H,3-10H2,1-2H3. The van der Waals surface area contributed by atoms with E-state index in [1.54, 1.807) is 0 Å². The molecule has 3 saturated carbocycles. The molecule has 24 heavy (non-hydrogen) atoms. The second-order valence-electron chi connectivity index (χ2n) is 9.59. The van der Waals surface area contributed by atoms with Gasteiger partial charge < -0.3 is 4.74 Å². The number of rotatable bonds is 2. The Hall–Kier alpha value is -0.150. The SMILES string of the molecule is CC12CCC(=O)C=C1C1OC1C1C2CCC2(C)C(CCBr)CCC12. The zero-order valence-corrected chi connectivity index (χ0v) is 16.5. The molecule has 4 aliphatic carbocycles. The van der Waals surface area contributed by atoms with Crippen LogP contribution in [0.25, 0.3) is 0 Å². The van der Waals surface area contributed by atoms with Crippen molar-refractivity contribution in [2.24, 2.45) is 34.5 Å². The third-order valence-electron chi connectivity index (χ3n) is 8.88. The van der Waals surface area contributed by atoms with Gasteiger partial charge in [0.2, 0.25) is 0 Å². The molecule has 8 unspecified atom stereocenters. The van der Waals surface area contributed by atoms with E-state index >= 15 is 0 Å². The van der Waals surface area contributed by atoms with Crippen molar-refractivity contribution >= 4 is 21.7 Å². The Balaban J connectivity index is 1.51. The van der Waals surface area contributed by atoms with Crippen molar-refractivity contribution in [3.05, 3.63) is 11.6 Å². The number of carbonyl (C=O) groups excluding carboxylic acids is 1. The van der Waals surface area contributed by atoms with Crippen molar-refractivity contribution < 1.29 is 9.53 Å². The van der Waals surface area contributed by atoms with Gasteiger partial charge in [-0.2, -0.15) is 0 Å². The maximum atomic E-state index is 12.0. The molecule has 1 saturated heterocycles. The van der Waals surface area contributed by atoms with Crippen LogP contribution < -0.4 is 0 Å². The summed E-state index contributed by atoms with van der Waals surface area (Å²) < 4.78 is 6.25. The summed E-state index contributed by atoms with van der Waals surface area (Å²) in [4.78, 5) is 12.0. The largest absolute Gasteiger partial charge is 0.365 e. The first kappa shape index (κ1) is 16.1. The molecule has 1 heterocycles. The number of hydrogen-bond donors (Lipinski definition) is 0. The number of ketones is 1. The van der Waals surface area contributed by atoms with E-state index in [1.165, 1.54) is 37.7 Å². The molecule has 0 spiro atoms. The summed E-state index contributed by atoms with van der Waals surface area (Å²) in [5, 5.41) is 1.14. The highest BCUT2D eigenvalue weighted by Crippen LogP contribution is 2.70. The van der Waals surface area contributed by atoms with Crippen molar-refractivity contribution in [2.75, 3.05) is 5.33 Å². The number of carbonyl (C=O) groups is 1. The first-order chi connectivity index (χ1) is 11.5. The van der Waals surface area contributed by atoms with E-state index in [0.717, 1.165) is 41.8 Å². The molecule has 2 nitrogen and oxygen atoms in total. The quantitative estimate of drug-likeness (QED) is 0.493. The van der Waals surface area contributed by atoms with Gasteiger partial charge in [0.1, 0.15) is 6.10 Å². The molecule has 8 atom stereocenters.